The molecule has 0 bridgehead atoms. The van der Waals surface area contributed by atoms with Gasteiger partial charge in [0.25, 0.3) is 5.91 Å². The van der Waals surface area contributed by atoms with Gasteiger partial charge >= 0.3 is 5.97 Å². The van der Waals surface area contributed by atoms with Crippen molar-refractivity contribution in [1.82, 2.24) is 5.32 Å². The molecule has 1 aliphatic rings. The van der Waals surface area contributed by atoms with Crippen LogP contribution in [0, 0.1) is 12.8 Å². The fourth-order valence-electron chi connectivity index (χ4n) is 2.73. The molecule has 0 aliphatic heterocycles. The third-order valence-electron chi connectivity index (χ3n) is 4.10. The van der Waals surface area contributed by atoms with Crippen LogP contribution in [0.15, 0.2) is 18.2 Å². The van der Waals surface area contributed by atoms with Crippen molar-refractivity contribution in [3.63, 3.8) is 0 Å². The minimum absolute atomic E-state index is 0.0834. The van der Waals surface area contributed by atoms with E-state index in [9.17, 15) is 14.7 Å². The van der Waals surface area contributed by atoms with E-state index < -0.39 is 5.97 Å². The van der Waals surface area contributed by atoms with Crippen molar-refractivity contribution in [2.24, 2.45) is 5.92 Å². The van der Waals surface area contributed by atoms with Gasteiger partial charge in [-0.3, -0.25) is 4.79 Å². The second-order valence-electron chi connectivity index (χ2n) is 5.86. The van der Waals surface area contributed by atoms with Gasteiger partial charge in [-0.15, -0.1) is 0 Å². The van der Waals surface area contributed by atoms with Crippen LogP contribution in [-0.4, -0.2) is 30.1 Å². The van der Waals surface area contributed by atoms with Crippen molar-refractivity contribution in [1.29, 1.82) is 0 Å². The van der Waals surface area contributed by atoms with Crippen LogP contribution < -0.4 is 5.32 Å². The molecule has 0 heterocycles. The minimum atomic E-state index is -0.686. The van der Waals surface area contributed by atoms with Gasteiger partial charge in [-0.1, -0.05) is 31.4 Å². The molecular weight excluding hydrogens is 282 g/mol. The number of aromatic hydroxyl groups is 1. The molecule has 2 N–H and O–H groups in total. The number of hydrogen-bond donors (Lipinski definition) is 2. The maximum atomic E-state index is 11.9. The molecule has 1 aromatic rings. The molecule has 1 fully saturated rings. The van der Waals surface area contributed by atoms with E-state index in [4.69, 9.17) is 4.74 Å². The van der Waals surface area contributed by atoms with Gasteiger partial charge in [0.1, 0.15) is 11.3 Å². The average molecular weight is 305 g/mol. The van der Waals surface area contributed by atoms with Crippen molar-refractivity contribution in [2.75, 3.05) is 13.2 Å². The first-order valence-corrected chi connectivity index (χ1v) is 7.80. The number of phenolic OH excluding ortho intramolecular Hbond substituents is 1. The number of carbonyl (C=O) groups is 2. The smallest absolute Gasteiger partial charge is 0.342 e. The highest BCUT2D eigenvalue weighted by molar-refractivity contribution is 5.94. The van der Waals surface area contributed by atoms with Crippen LogP contribution in [0.1, 0.15) is 48.0 Å². The Balaban J connectivity index is 1.75. The van der Waals surface area contributed by atoms with E-state index in [2.05, 4.69) is 5.32 Å². The summed E-state index contributed by atoms with van der Waals surface area (Å²) in [5.74, 6) is -0.551. The van der Waals surface area contributed by atoms with Crippen LogP contribution in [0.4, 0.5) is 0 Å². The average Bonchev–Trinajstić information content (AvgIpc) is 2.54. The monoisotopic (exact) mass is 305 g/mol. The van der Waals surface area contributed by atoms with E-state index in [-0.39, 0.29) is 23.8 Å². The summed E-state index contributed by atoms with van der Waals surface area (Å²) in [5.41, 5.74) is 0.677. The highest BCUT2D eigenvalue weighted by Gasteiger charge is 2.17. The molecule has 5 nitrogen and oxygen atoms in total. The Morgan fingerprint density at radius 1 is 1.27 bits per heavy atom. The first-order chi connectivity index (χ1) is 10.6. The Labute approximate surface area is 130 Å². The van der Waals surface area contributed by atoms with E-state index >= 15 is 0 Å². The number of rotatable bonds is 5. The van der Waals surface area contributed by atoms with Gasteiger partial charge in [0.15, 0.2) is 6.61 Å². The molecule has 1 amide bonds. The molecule has 1 aliphatic carbocycles. The Morgan fingerprint density at radius 3 is 2.73 bits per heavy atom. The first kappa shape index (κ1) is 16.3. The predicted octanol–water partition coefficient (Wildman–Crippen LogP) is 2.55. The summed E-state index contributed by atoms with van der Waals surface area (Å²) >= 11 is 0. The molecule has 0 atom stereocenters. The summed E-state index contributed by atoms with van der Waals surface area (Å²) in [7, 11) is 0. The minimum Gasteiger partial charge on any atom is -0.507 e. The maximum absolute atomic E-state index is 11.9. The van der Waals surface area contributed by atoms with Gasteiger partial charge in [-0.25, -0.2) is 4.79 Å². The van der Waals surface area contributed by atoms with Gasteiger partial charge in [0.05, 0.1) is 0 Å². The van der Waals surface area contributed by atoms with Gasteiger partial charge in [0, 0.05) is 6.54 Å². The number of aryl methyl sites for hydroxylation is 1. The molecule has 0 radical (unpaired) electrons. The van der Waals surface area contributed by atoms with Gasteiger partial charge in [-0.05, 0) is 37.3 Å². The zero-order chi connectivity index (χ0) is 15.9. The van der Waals surface area contributed by atoms with Crippen molar-refractivity contribution >= 4 is 11.9 Å². The Morgan fingerprint density at radius 2 is 2.00 bits per heavy atom. The molecule has 2 rings (SSSR count). The highest BCUT2D eigenvalue weighted by atomic mass is 16.5. The molecule has 1 saturated carbocycles. The lowest BCUT2D eigenvalue weighted by molar-refractivity contribution is -0.124. The van der Waals surface area contributed by atoms with Crippen molar-refractivity contribution in [3.8, 4) is 5.75 Å². The summed E-state index contributed by atoms with van der Waals surface area (Å²) in [6.45, 7) is 2.02. The van der Waals surface area contributed by atoms with Crippen molar-refractivity contribution < 1.29 is 19.4 Å². The van der Waals surface area contributed by atoms with E-state index in [0.717, 1.165) is 12.8 Å². The summed E-state index contributed by atoms with van der Waals surface area (Å²) in [6, 6.07) is 4.84. The first-order valence-electron chi connectivity index (χ1n) is 7.80. The topological polar surface area (TPSA) is 75.6 Å². The number of amides is 1. The van der Waals surface area contributed by atoms with Crippen LogP contribution in [0.25, 0.3) is 0 Å². The zero-order valence-corrected chi connectivity index (χ0v) is 12.9. The van der Waals surface area contributed by atoms with E-state index in [0.29, 0.717) is 18.0 Å². The standard InChI is InChI=1S/C17H23NO4/c1-12-6-5-9-14(16(12)20)17(21)22-11-15(19)18-10-13-7-3-2-4-8-13/h5-6,9,13,20H,2-4,7-8,10-11H2,1H3,(H,18,19). The van der Waals surface area contributed by atoms with E-state index in [1.165, 1.54) is 25.3 Å². The number of phenols is 1. The molecular formula is C17H23NO4. The summed E-state index contributed by atoms with van der Waals surface area (Å²) in [6.07, 6.45) is 6.03. The van der Waals surface area contributed by atoms with E-state index in [1.807, 2.05) is 0 Å². The van der Waals surface area contributed by atoms with Gasteiger partial charge in [-0.2, -0.15) is 0 Å². The SMILES string of the molecule is Cc1cccc(C(=O)OCC(=O)NCC2CCCCC2)c1O. The summed E-state index contributed by atoms with van der Waals surface area (Å²) in [4.78, 5) is 23.6. The Kier molecular flexibility index (Phi) is 5.81. The Hall–Kier alpha value is -2.04. The summed E-state index contributed by atoms with van der Waals surface area (Å²) in [5, 5.41) is 12.6. The molecule has 0 unspecified atom stereocenters. The molecule has 0 saturated heterocycles. The maximum Gasteiger partial charge on any atom is 0.342 e. The molecule has 1 aromatic carbocycles. The fourth-order valence-corrected chi connectivity index (χ4v) is 2.73. The van der Waals surface area contributed by atoms with Crippen molar-refractivity contribution in [3.05, 3.63) is 29.3 Å². The molecule has 120 valence electrons. The van der Waals surface area contributed by atoms with Crippen LogP contribution in [0.3, 0.4) is 0 Å². The molecule has 0 aromatic heterocycles. The molecule has 0 spiro atoms. The predicted molar refractivity (Wildman–Crippen MR) is 82.7 cm³/mol. The van der Waals surface area contributed by atoms with Crippen LogP contribution in [-0.2, 0) is 9.53 Å². The van der Waals surface area contributed by atoms with Crippen molar-refractivity contribution in [2.45, 2.75) is 39.0 Å². The quantitative estimate of drug-likeness (QED) is 0.820. The molecule has 22 heavy (non-hydrogen) atoms. The second-order valence-corrected chi connectivity index (χ2v) is 5.86. The summed E-state index contributed by atoms with van der Waals surface area (Å²) < 4.78 is 4.95. The number of esters is 1. The number of hydrogen-bond acceptors (Lipinski definition) is 4. The number of benzene rings is 1. The fraction of sp³-hybridized carbons (Fsp3) is 0.529. The van der Waals surface area contributed by atoms with Crippen LogP contribution >= 0.6 is 0 Å². The number of nitrogens with one attached hydrogen (secondary N) is 1. The van der Waals surface area contributed by atoms with Gasteiger partial charge in [0.2, 0.25) is 0 Å². The normalized spacial score (nSPS) is 15.3. The third-order valence-corrected chi connectivity index (χ3v) is 4.10. The molecule has 5 heteroatoms. The lowest BCUT2D eigenvalue weighted by Gasteiger charge is -2.21. The third kappa shape index (κ3) is 4.48. The Bertz CT molecular complexity index is 535. The number of carbonyl (C=O) groups excluding carboxylic acids is 2. The largest absolute Gasteiger partial charge is 0.507 e. The zero-order valence-electron chi connectivity index (χ0n) is 12.9. The van der Waals surface area contributed by atoms with Gasteiger partial charge < -0.3 is 15.2 Å². The second kappa shape index (κ2) is 7.82. The van der Waals surface area contributed by atoms with Crippen LogP contribution in [0.5, 0.6) is 5.75 Å². The lowest BCUT2D eigenvalue weighted by Crippen LogP contribution is -2.33. The number of para-hydroxylation sites is 1. The number of ether oxygens (including phenoxy) is 1. The van der Waals surface area contributed by atoms with Crippen LogP contribution in [0.2, 0.25) is 0 Å². The van der Waals surface area contributed by atoms with E-state index in [1.54, 1.807) is 19.1 Å². The highest BCUT2D eigenvalue weighted by Crippen LogP contribution is 2.23. The lowest BCUT2D eigenvalue weighted by atomic mass is 9.89.